The quantitative estimate of drug-likeness (QED) is 0.873. The number of nitrogens with one attached hydrogen (secondary N) is 1. The minimum atomic E-state index is -1.37. The number of amides is 1. The number of benzene rings is 2. The number of anilines is 1. The van der Waals surface area contributed by atoms with Crippen LogP contribution in [-0.4, -0.2) is 31.7 Å². The van der Waals surface area contributed by atoms with Crippen LogP contribution in [0, 0.1) is 5.92 Å². The number of hydrogen-bond donors (Lipinski definition) is 1. The van der Waals surface area contributed by atoms with E-state index in [1.807, 2.05) is 0 Å². The summed E-state index contributed by atoms with van der Waals surface area (Å²) in [7, 11) is 2.96. The fraction of sp³-hybridized carbons (Fsp3) is 0.167. The van der Waals surface area contributed by atoms with Crippen molar-refractivity contribution in [1.82, 2.24) is 0 Å². The molecule has 1 aliphatic carbocycles. The van der Waals surface area contributed by atoms with Gasteiger partial charge in [0.05, 0.1) is 19.9 Å². The van der Waals surface area contributed by atoms with Gasteiger partial charge in [0.15, 0.2) is 17.5 Å². The van der Waals surface area contributed by atoms with Crippen LogP contribution in [0.2, 0.25) is 0 Å². The lowest BCUT2D eigenvalue weighted by molar-refractivity contribution is -0.117. The number of carbonyl (C=O) groups excluding carboxylic acids is 3. The maximum absolute atomic E-state index is 12.5. The Morgan fingerprint density at radius 3 is 2.12 bits per heavy atom. The maximum atomic E-state index is 12.5. The molecule has 0 spiro atoms. The summed E-state index contributed by atoms with van der Waals surface area (Å²) in [4.78, 5) is 37.2. The van der Waals surface area contributed by atoms with Crippen molar-refractivity contribution in [2.45, 2.75) is 0 Å². The molecule has 0 saturated heterocycles. The standard InChI is InChI=1S/C18H15NO5/c1-23-10-7-8-13(14(9-10)24-2)19-18(22)15-16(20)11-5-3-4-6-12(11)17(15)21/h3-9,15H,1-2H3,(H,19,22). The Kier molecular flexibility index (Phi) is 4.04. The highest BCUT2D eigenvalue weighted by atomic mass is 16.5. The minimum absolute atomic E-state index is 0.282. The van der Waals surface area contributed by atoms with E-state index in [0.717, 1.165) is 0 Å². The Bertz CT molecular complexity index is 808. The summed E-state index contributed by atoms with van der Waals surface area (Å²) in [5.41, 5.74) is 0.925. The van der Waals surface area contributed by atoms with E-state index in [1.54, 1.807) is 42.5 Å². The van der Waals surface area contributed by atoms with E-state index in [2.05, 4.69) is 5.32 Å². The number of hydrogen-bond acceptors (Lipinski definition) is 5. The Labute approximate surface area is 138 Å². The fourth-order valence-electron chi connectivity index (χ4n) is 2.69. The van der Waals surface area contributed by atoms with Gasteiger partial charge in [0.2, 0.25) is 5.91 Å². The number of ketones is 2. The van der Waals surface area contributed by atoms with Gasteiger partial charge in [-0.05, 0) is 12.1 Å². The van der Waals surface area contributed by atoms with Crippen molar-refractivity contribution in [3.8, 4) is 11.5 Å². The minimum Gasteiger partial charge on any atom is -0.497 e. The first-order valence-electron chi connectivity index (χ1n) is 7.27. The van der Waals surface area contributed by atoms with E-state index in [0.29, 0.717) is 17.2 Å². The zero-order chi connectivity index (χ0) is 17.3. The molecule has 0 radical (unpaired) electrons. The van der Waals surface area contributed by atoms with Gasteiger partial charge in [-0.15, -0.1) is 0 Å². The van der Waals surface area contributed by atoms with E-state index in [1.165, 1.54) is 14.2 Å². The van der Waals surface area contributed by atoms with Crippen molar-refractivity contribution in [3.63, 3.8) is 0 Å². The van der Waals surface area contributed by atoms with Crippen LogP contribution in [0.15, 0.2) is 42.5 Å². The van der Waals surface area contributed by atoms with Crippen molar-refractivity contribution < 1.29 is 23.9 Å². The Morgan fingerprint density at radius 2 is 1.58 bits per heavy atom. The Balaban J connectivity index is 1.87. The molecule has 1 N–H and O–H groups in total. The van der Waals surface area contributed by atoms with Gasteiger partial charge in [-0.25, -0.2) is 0 Å². The van der Waals surface area contributed by atoms with Crippen LogP contribution < -0.4 is 14.8 Å². The van der Waals surface area contributed by atoms with Gasteiger partial charge in [0.25, 0.3) is 0 Å². The van der Waals surface area contributed by atoms with Crippen molar-refractivity contribution in [1.29, 1.82) is 0 Å². The van der Waals surface area contributed by atoms with Gasteiger partial charge in [-0.1, -0.05) is 24.3 Å². The van der Waals surface area contributed by atoms with Crippen molar-refractivity contribution in [2.24, 2.45) is 5.92 Å². The largest absolute Gasteiger partial charge is 0.497 e. The molecular formula is C18H15NO5. The lowest BCUT2D eigenvalue weighted by Crippen LogP contribution is -2.31. The van der Waals surface area contributed by atoms with E-state index >= 15 is 0 Å². The van der Waals surface area contributed by atoms with Crippen molar-refractivity contribution in [3.05, 3.63) is 53.6 Å². The lowest BCUT2D eigenvalue weighted by atomic mass is 10.0. The highest BCUT2D eigenvalue weighted by molar-refractivity contribution is 6.36. The Morgan fingerprint density at radius 1 is 0.958 bits per heavy atom. The third-order valence-corrected chi connectivity index (χ3v) is 3.91. The molecule has 0 fully saturated rings. The molecule has 6 nitrogen and oxygen atoms in total. The monoisotopic (exact) mass is 325 g/mol. The zero-order valence-corrected chi connectivity index (χ0v) is 13.2. The number of ether oxygens (including phenoxy) is 2. The Hall–Kier alpha value is -3.15. The topological polar surface area (TPSA) is 81.7 Å². The first kappa shape index (κ1) is 15.7. The number of fused-ring (bicyclic) bond motifs is 1. The zero-order valence-electron chi connectivity index (χ0n) is 13.2. The van der Waals surface area contributed by atoms with Crippen LogP contribution >= 0.6 is 0 Å². The summed E-state index contributed by atoms with van der Waals surface area (Å²) < 4.78 is 10.3. The average molecular weight is 325 g/mol. The molecule has 1 aliphatic rings. The number of Topliss-reactive ketones (excluding diaryl/α,β-unsaturated/α-hetero) is 2. The second kappa shape index (κ2) is 6.16. The lowest BCUT2D eigenvalue weighted by Gasteiger charge is -2.13. The SMILES string of the molecule is COc1ccc(NC(=O)C2C(=O)c3ccccc3C2=O)c(OC)c1. The molecule has 3 rings (SSSR count). The van der Waals surface area contributed by atoms with Crippen LogP contribution in [0.3, 0.4) is 0 Å². The molecule has 1 amide bonds. The molecule has 0 aliphatic heterocycles. The summed E-state index contributed by atoms with van der Waals surface area (Å²) in [6, 6.07) is 11.3. The molecule has 0 heterocycles. The van der Waals surface area contributed by atoms with Crippen LogP contribution in [0.5, 0.6) is 11.5 Å². The first-order valence-corrected chi connectivity index (χ1v) is 7.27. The van der Waals surface area contributed by atoms with E-state index in [4.69, 9.17) is 9.47 Å². The first-order chi connectivity index (χ1) is 11.6. The second-order valence-electron chi connectivity index (χ2n) is 5.26. The highest BCUT2D eigenvalue weighted by Gasteiger charge is 2.43. The van der Waals surface area contributed by atoms with Crippen LogP contribution in [-0.2, 0) is 4.79 Å². The van der Waals surface area contributed by atoms with Gasteiger partial charge >= 0.3 is 0 Å². The van der Waals surface area contributed by atoms with Crippen LogP contribution in [0.25, 0.3) is 0 Å². The molecule has 0 atom stereocenters. The van der Waals surface area contributed by atoms with E-state index in [-0.39, 0.29) is 11.1 Å². The van der Waals surface area contributed by atoms with Crippen molar-refractivity contribution >= 4 is 23.2 Å². The van der Waals surface area contributed by atoms with Crippen LogP contribution in [0.4, 0.5) is 5.69 Å². The summed E-state index contributed by atoms with van der Waals surface area (Å²) in [5, 5.41) is 2.59. The second-order valence-corrected chi connectivity index (χ2v) is 5.26. The number of carbonyl (C=O) groups is 3. The van der Waals surface area contributed by atoms with Gasteiger partial charge < -0.3 is 14.8 Å². The van der Waals surface area contributed by atoms with Crippen LogP contribution in [0.1, 0.15) is 20.7 Å². The third kappa shape index (κ3) is 2.52. The molecule has 122 valence electrons. The molecule has 0 saturated carbocycles. The van der Waals surface area contributed by atoms with Gasteiger partial charge in [0.1, 0.15) is 11.5 Å². The van der Waals surface area contributed by atoms with E-state index in [9.17, 15) is 14.4 Å². The summed E-state index contributed by atoms with van der Waals surface area (Å²) in [6.07, 6.45) is 0. The predicted molar refractivity (Wildman–Crippen MR) is 86.8 cm³/mol. The number of methoxy groups -OCH3 is 2. The van der Waals surface area contributed by atoms with Crippen molar-refractivity contribution in [2.75, 3.05) is 19.5 Å². The molecule has 0 unspecified atom stereocenters. The summed E-state index contributed by atoms with van der Waals surface area (Å²) in [5.74, 6) is -2.08. The van der Waals surface area contributed by atoms with Gasteiger partial charge in [-0.2, -0.15) is 0 Å². The molecule has 0 aromatic heterocycles. The van der Waals surface area contributed by atoms with Gasteiger partial charge in [-0.3, -0.25) is 14.4 Å². The molecule has 0 bridgehead atoms. The number of rotatable bonds is 4. The van der Waals surface area contributed by atoms with E-state index < -0.39 is 23.4 Å². The maximum Gasteiger partial charge on any atom is 0.243 e. The normalized spacial score (nSPS) is 13.6. The molecule has 2 aromatic carbocycles. The fourth-order valence-corrected chi connectivity index (χ4v) is 2.69. The molecule has 24 heavy (non-hydrogen) atoms. The molecular weight excluding hydrogens is 310 g/mol. The van der Waals surface area contributed by atoms with Gasteiger partial charge in [0, 0.05) is 17.2 Å². The average Bonchev–Trinajstić information content (AvgIpc) is 2.86. The molecule has 2 aromatic rings. The third-order valence-electron chi connectivity index (χ3n) is 3.91. The summed E-state index contributed by atoms with van der Waals surface area (Å²) >= 11 is 0. The molecule has 6 heteroatoms. The summed E-state index contributed by atoms with van der Waals surface area (Å²) in [6.45, 7) is 0. The smallest absolute Gasteiger partial charge is 0.243 e. The predicted octanol–water partition coefficient (Wildman–Crippen LogP) is 2.34. The highest BCUT2D eigenvalue weighted by Crippen LogP contribution is 2.31.